The topological polar surface area (TPSA) is 58.6 Å². The lowest BCUT2D eigenvalue weighted by molar-refractivity contribution is -0.130. The summed E-state index contributed by atoms with van der Waals surface area (Å²) in [6.45, 7) is 2.86. The quantitative estimate of drug-likeness (QED) is 0.882. The van der Waals surface area contributed by atoms with Crippen LogP contribution in [0.5, 0.6) is 0 Å². The summed E-state index contributed by atoms with van der Waals surface area (Å²) in [5.41, 5.74) is 0.735. The number of rotatable bonds is 5. The van der Waals surface area contributed by atoms with E-state index in [1.807, 2.05) is 31.2 Å². The molecule has 1 aromatic carbocycles. The van der Waals surface area contributed by atoms with Crippen LogP contribution < -0.4 is 5.32 Å². The predicted molar refractivity (Wildman–Crippen MR) is 83.9 cm³/mol. The molecule has 0 radical (unpaired) electrons. The lowest BCUT2D eigenvalue weighted by atomic mass is 10.1. The van der Waals surface area contributed by atoms with Crippen molar-refractivity contribution < 1.29 is 14.3 Å². The summed E-state index contributed by atoms with van der Waals surface area (Å²) in [5.74, 6) is -0.409. The number of carbonyl (C=O) groups is 2. The molecule has 1 aliphatic rings. The molecule has 2 amide bonds. The van der Waals surface area contributed by atoms with Gasteiger partial charge in [0.05, 0.1) is 18.6 Å². The average Bonchev–Trinajstić information content (AvgIpc) is 2.84. The van der Waals surface area contributed by atoms with E-state index in [2.05, 4.69) is 21.2 Å². The number of nitrogens with one attached hydrogen (secondary N) is 1. The number of amides is 2. The van der Waals surface area contributed by atoms with Crippen molar-refractivity contribution in [1.29, 1.82) is 0 Å². The molecule has 5 nitrogen and oxygen atoms in total. The van der Waals surface area contributed by atoms with Crippen LogP contribution in [0.1, 0.15) is 13.3 Å². The first-order valence-electron chi connectivity index (χ1n) is 6.86. The fourth-order valence-electron chi connectivity index (χ4n) is 2.44. The van der Waals surface area contributed by atoms with Gasteiger partial charge in [0.1, 0.15) is 0 Å². The van der Waals surface area contributed by atoms with Crippen LogP contribution in [0, 0.1) is 5.92 Å². The van der Waals surface area contributed by atoms with Crippen LogP contribution in [0.2, 0.25) is 0 Å². The summed E-state index contributed by atoms with van der Waals surface area (Å²) in [7, 11) is 1.61. The van der Waals surface area contributed by atoms with Crippen LogP contribution >= 0.6 is 15.9 Å². The SMILES string of the molecule is COCC(C)N1CC(C(=O)Nc2ccc(Br)cc2)CC1=O. The Morgan fingerprint density at radius 2 is 2.14 bits per heavy atom. The molecule has 2 atom stereocenters. The van der Waals surface area contributed by atoms with Crippen LogP contribution in [0.4, 0.5) is 5.69 Å². The molecule has 1 saturated heterocycles. The Bertz CT molecular complexity index is 518. The number of hydrogen-bond acceptors (Lipinski definition) is 3. The number of benzene rings is 1. The molecule has 0 saturated carbocycles. The van der Waals surface area contributed by atoms with Crippen LogP contribution in [-0.2, 0) is 14.3 Å². The first-order chi connectivity index (χ1) is 10.0. The van der Waals surface area contributed by atoms with E-state index >= 15 is 0 Å². The number of ether oxygens (including phenoxy) is 1. The fraction of sp³-hybridized carbons (Fsp3) is 0.467. The molecular formula is C15H19BrN2O3. The molecule has 0 aliphatic carbocycles. The minimum absolute atomic E-state index is 0.00650. The molecule has 0 spiro atoms. The second-order valence-electron chi connectivity index (χ2n) is 5.25. The second kappa shape index (κ2) is 7.04. The van der Waals surface area contributed by atoms with E-state index in [1.165, 1.54) is 0 Å². The van der Waals surface area contributed by atoms with Gasteiger partial charge in [0.25, 0.3) is 0 Å². The number of nitrogens with zero attached hydrogens (tertiary/aromatic N) is 1. The van der Waals surface area contributed by atoms with Gasteiger partial charge in [-0.25, -0.2) is 0 Å². The number of likely N-dealkylation sites (tertiary alicyclic amines) is 1. The molecule has 2 rings (SSSR count). The van der Waals surface area contributed by atoms with Crippen molar-refractivity contribution in [3.05, 3.63) is 28.7 Å². The first-order valence-corrected chi connectivity index (χ1v) is 7.65. The van der Waals surface area contributed by atoms with Crippen LogP contribution in [0.25, 0.3) is 0 Å². The summed E-state index contributed by atoms with van der Waals surface area (Å²) in [4.78, 5) is 25.9. The number of hydrogen-bond donors (Lipinski definition) is 1. The van der Waals surface area contributed by atoms with E-state index in [4.69, 9.17) is 4.74 Å². The van der Waals surface area contributed by atoms with E-state index in [0.717, 1.165) is 10.2 Å². The predicted octanol–water partition coefficient (Wildman–Crippen LogP) is 2.27. The maximum Gasteiger partial charge on any atom is 0.229 e. The third kappa shape index (κ3) is 4.04. The number of halogens is 1. The van der Waals surface area contributed by atoms with Gasteiger partial charge < -0.3 is 15.0 Å². The van der Waals surface area contributed by atoms with Crippen LogP contribution in [0.15, 0.2) is 28.7 Å². The summed E-state index contributed by atoms with van der Waals surface area (Å²) < 4.78 is 6.02. The highest BCUT2D eigenvalue weighted by Crippen LogP contribution is 2.22. The van der Waals surface area contributed by atoms with Crippen molar-refractivity contribution in [2.24, 2.45) is 5.92 Å². The standard InChI is InChI=1S/C15H19BrN2O3/c1-10(9-21-2)18-8-11(7-14(18)19)15(20)17-13-5-3-12(16)4-6-13/h3-6,10-11H,7-9H2,1-2H3,(H,17,20). The minimum Gasteiger partial charge on any atom is -0.383 e. The normalized spacial score (nSPS) is 19.7. The van der Waals surface area contributed by atoms with Gasteiger partial charge in [-0.15, -0.1) is 0 Å². The van der Waals surface area contributed by atoms with Crippen LogP contribution in [0.3, 0.4) is 0 Å². The van der Waals surface area contributed by atoms with Gasteiger partial charge >= 0.3 is 0 Å². The Kier molecular flexibility index (Phi) is 5.36. The molecule has 21 heavy (non-hydrogen) atoms. The molecule has 2 unspecified atom stereocenters. The summed E-state index contributed by atoms with van der Waals surface area (Å²) in [6.07, 6.45) is 0.260. The van der Waals surface area contributed by atoms with E-state index in [-0.39, 0.29) is 30.2 Å². The first kappa shape index (κ1) is 16.0. The molecule has 0 aromatic heterocycles. The molecule has 6 heteroatoms. The van der Waals surface area contributed by atoms with Gasteiger partial charge in [-0.05, 0) is 31.2 Å². The van der Waals surface area contributed by atoms with Gasteiger partial charge in [-0.3, -0.25) is 9.59 Å². The lowest BCUT2D eigenvalue weighted by Crippen LogP contribution is -2.38. The smallest absolute Gasteiger partial charge is 0.229 e. The molecule has 0 bridgehead atoms. The highest BCUT2D eigenvalue weighted by Gasteiger charge is 2.36. The molecule has 1 N–H and O–H groups in total. The summed E-state index contributed by atoms with van der Waals surface area (Å²) in [5, 5.41) is 2.85. The Hall–Kier alpha value is -1.40. The van der Waals surface area contributed by atoms with E-state index < -0.39 is 0 Å². The second-order valence-corrected chi connectivity index (χ2v) is 6.16. The van der Waals surface area contributed by atoms with Gasteiger partial charge in [-0.2, -0.15) is 0 Å². The largest absolute Gasteiger partial charge is 0.383 e. The molecule has 1 aliphatic heterocycles. The third-order valence-corrected chi connectivity index (χ3v) is 4.11. The van der Waals surface area contributed by atoms with Crippen molar-refractivity contribution in [3.8, 4) is 0 Å². The van der Waals surface area contributed by atoms with Crippen molar-refractivity contribution in [1.82, 2.24) is 4.90 Å². The van der Waals surface area contributed by atoms with E-state index in [1.54, 1.807) is 12.0 Å². The van der Waals surface area contributed by atoms with Crippen molar-refractivity contribution in [2.45, 2.75) is 19.4 Å². The number of carbonyl (C=O) groups excluding carboxylic acids is 2. The molecule has 1 aromatic rings. The Labute approximate surface area is 132 Å². The third-order valence-electron chi connectivity index (χ3n) is 3.58. The van der Waals surface area contributed by atoms with E-state index in [9.17, 15) is 9.59 Å². The minimum atomic E-state index is -0.305. The zero-order chi connectivity index (χ0) is 15.4. The van der Waals surface area contributed by atoms with Crippen LogP contribution in [-0.4, -0.2) is 43.0 Å². The summed E-state index contributed by atoms with van der Waals surface area (Å²) in [6, 6.07) is 7.37. The molecule has 1 fully saturated rings. The highest BCUT2D eigenvalue weighted by atomic mass is 79.9. The van der Waals surface area contributed by atoms with E-state index in [0.29, 0.717) is 13.2 Å². The molecule has 1 heterocycles. The van der Waals surface area contributed by atoms with Gasteiger partial charge in [-0.1, -0.05) is 15.9 Å². The number of methoxy groups -OCH3 is 1. The lowest BCUT2D eigenvalue weighted by Gasteiger charge is -2.23. The van der Waals surface area contributed by atoms with Crippen molar-refractivity contribution in [3.63, 3.8) is 0 Å². The maximum atomic E-state index is 12.2. The number of anilines is 1. The van der Waals surface area contributed by atoms with Gasteiger partial charge in [0.15, 0.2) is 0 Å². The summed E-state index contributed by atoms with van der Waals surface area (Å²) >= 11 is 3.35. The fourth-order valence-corrected chi connectivity index (χ4v) is 2.71. The highest BCUT2D eigenvalue weighted by molar-refractivity contribution is 9.10. The zero-order valence-corrected chi connectivity index (χ0v) is 13.7. The van der Waals surface area contributed by atoms with Crippen molar-refractivity contribution in [2.75, 3.05) is 25.6 Å². The van der Waals surface area contributed by atoms with Gasteiger partial charge in [0.2, 0.25) is 11.8 Å². The maximum absolute atomic E-state index is 12.2. The zero-order valence-electron chi connectivity index (χ0n) is 12.1. The molecule has 114 valence electrons. The average molecular weight is 355 g/mol. The van der Waals surface area contributed by atoms with Crippen molar-refractivity contribution >= 4 is 33.4 Å². The monoisotopic (exact) mass is 354 g/mol. The Morgan fingerprint density at radius 3 is 2.76 bits per heavy atom. The Balaban J connectivity index is 1.95. The van der Waals surface area contributed by atoms with Gasteiger partial charge in [0, 0.05) is 30.2 Å². The molecular weight excluding hydrogens is 336 g/mol. The Morgan fingerprint density at radius 1 is 1.48 bits per heavy atom.